The molecule has 0 N–H and O–H groups in total. The average Bonchev–Trinajstić information content (AvgIpc) is 3.06. The minimum Gasteiger partial charge on any atom is -0.378 e. The van der Waals surface area contributed by atoms with Crippen molar-refractivity contribution in [3.05, 3.63) is 24.4 Å². The Bertz CT molecular complexity index is 695. The van der Waals surface area contributed by atoms with E-state index in [4.69, 9.17) is 4.74 Å². The van der Waals surface area contributed by atoms with Crippen molar-refractivity contribution >= 4 is 17.5 Å². The lowest BCUT2D eigenvalue weighted by Crippen LogP contribution is -2.48. The van der Waals surface area contributed by atoms with Gasteiger partial charge in [-0.05, 0) is 25.0 Å². The Morgan fingerprint density at radius 2 is 2.04 bits per heavy atom. The Morgan fingerprint density at radius 1 is 1.17 bits per heavy atom. The van der Waals surface area contributed by atoms with E-state index in [1.54, 1.807) is 0 Å². The van der Waals surface area contributed by atoms with Crippen molar-refractivity contribution in [3.8, 4) is 0 Å². The number of ether oxygens (including phenoxy) is 1. The van der Waals surface area contributed by atoms with Crippen molar-refractivity contribution in [3.63, 3.8) is 0 Å². The van der Waals surface area contributed by atoms with Crippen LogP contribution in [0.25, 0.3) is 5.65 Å². The minimum atomic E-state index is 0.0397. The molecular weight excluding hydrogens is 294 g/mol. The van der Waals surface area contributed by atoms with E-state index < -0.39 is 0 Å². The van der Waals surface area contributed by atoms with Gasteiger partial charge >= 0.3 is 0 Å². The third-order valence-corrected chi connectivity index (χ3v) is 4.67. The molecule has 2 aliphatic rings. The van der Waals surface area contributed by atoms with Crippen LogP contribution >= 0.6 is 0 Å². The number of nitrogens with zero attached hydrogens (tertiary/aromatic N) is 5. The van der Waals surface area contributed by atoms with E-state index in [1.165, 1.54) is 0 Å². The molecule has 2 saturated heterocycles. The second-order valence-electron chi connectivity index (χ2n) is 6.15. The van der Waals surface area contributed by atoms with Crippen LogP contribution < -0.4 is 4.90 Å². The summed E-state index contributed by atoms with van der Waals surface area (Å²) in [5, 5.41) is 8.53. The highest BCUT2D eigenvalue weighted by atomic mass is 16.5. The van der Waals surface area contributed by atoms with E-state index >= 15 is 0 Å². The summed E-state index contributed by atoms with van der Waals surface area (Å²) in [5.74, 6) is 1.13. The van der Waals surface area contributed by atoms with Crippen LogP contribution in [0.5, 0.6) is 0 Å². The maximum atomic E-state index is 12.7. The number of fused-ring (bicyclic) bond motifs is 1. The van der Waals surface area contributed by atoms with Crippen LogP contribution in [0.3, 0.4) is 0 Å². The summed E-state index contributed by atoms with van der Waals surface area (Å²) in [4.78, 5) is 16.9. The van der Waals surface area contributed by atoms with E-state index in [0.29, 0.717) is 32.8 Å². The third kappa shape index (κ3) is 2.76. The first-order chi connectivity index (χ1) is 11.3. The summed E-state index contributed by atoms with van der Waals surface area (Å²) in [6.07, 6.45) is 3.92. The quantitative estimate of drug-likeness (QED) is 0.820. The molecule has 2 aromatic heterocycles. The number of carbonyl (C=O) groups excluding carboxylic acids is 1. The lowest BCUT2D eigenvalue weighted by Gasteiger charge is -2.36. The van der Waals surface area contributed by atoms with Crippen molar-refractivity contribution in [1.29, 1.82) is 0 Å². The molecule has 1 amide bonds. The van der Waals surface area contributed by atoms with Gasteiger partial charge in [0, 0.05) is 32.4 Å². The molecule has 4 heterocycles. The number of aromatic nitrogens is 3. The molecule has 122 valence electrons. The van der Waals surface area contributed by atoms with Gasteiger partial charge in [-0.3, -0.25) is 9.20 Å². The van der Waals surface area contributed by atoms with Gasteiger partial charge in [0.25, 0.3) is 0 Å². The SMILES string of the molecule is O=C(C1CCCN(c2nnc3ccccn23)C1)N1CCOCC1. The maximum absolute atomic E-state index is 12.7. The minimum absolute atomic E-state index is 0.0397. The Labute approximate surface area is 134 Å². The molecule has 2 fully saturated rings. The van der Waals surface area contributed by atoms with Gasteiger partial charge in [-0.15, -0.1) is 10.2 Å². The van der Waals surface area contributed by atoms with Crippen molar-refractivity contribution in [2.75, 3.05) is 44.3 Å². The van der Waals surface area contributed by atoms with E-state index in [0.717, 1.165) is 31.0 Å². The number of carbonyl (C=O) groups is 1. The lowest BCUT2D eigenvalue weighted by atomic mass is 9.96. The first kappa shape index (κ1) is 14.4. The zero-order valence-electron chi connectivity index (χ0n) is 13.1. The van der Waals surface area contributed by atoms with Crippen molar-refractivity contribution in [2.24, 2.45) is 5.92 Å². The summed E-state index contributed by atoms with van der Waals surface area (Å²) in [5.41, 5.74) is 0.837. The van der Waals surface area contributed by atoms with Crippen molar-refractivity contribution in [2.45, 2.75) is 12.8 Å². The third-order valence-electron chi connectivity index (χ3n) is 4.67. The van der Waals surface area contributed by atoms with E-state index in [-0.39, 0.29) is 11.8 Å². The number of rotatable bonds is 2. The fraction of sp³-hybridized carbons (Fsp3) is 0.562. The van der Waals surface area contributed by atoms with E-state index in [2.05, 4.69) is 15.1 Å². The summed E-state index contributed by atoms with van der Waals surface area (Å²) >= 11 is 0. The fourth-order valence-electron chi connectivity index (χ4n) is 3.45. The van der Waals surface area contributed by atoms with Crippen LogP contribution in [0, 0.1) is 5.92 Å². The molecule has 1 unspecified atom stereocenters. The molecule has 0 aliphatic carbocycles. The molecule has 1 atom stereocenters. The van der Waals surface area contributed by atoms with Gasteiger partial charge in [0.1, 0.15) is 0 Å². The molecule has 0 spiro atoms. The Hall–Kier alpha value is -2.15. The Kier molecular flexibility index (Phi) is 3.87. The molecule has 0 bridgehead atoms. The van der Waals surface area contributed by atoms with Gasteiger partial charge in [0.15, 0.2) is 5.65 Å². The van der Waals surface area contributed by atoms with Crippen LogP contribution in [-0.2, 0) is 9.53 Å². The topological polar surface area (TPSA) is 63.0 Å². The molecule has 4 rings (SSSR count). The van der Waals surface area contributed by atoms with Crippen molar-refractivity contribution < 1.29 is 9.53 Å². The molecule has 7 heteroatoms. The number of pyridine rings is 1. The second-order valence-corrected chi connectivity index (χ2v) is 6.15. The van der Waals surface area contributed by atoms with Crippen LogP contribution in [-0.4, -0.2) is 64.8 Å². The van der Waals surface area contributed by atoms with Gasteiger partial charge in [-0.1, -0.05) is 6.07 Å². The molecule has 0 saturated carbocycles. The summed E-state index contributed by atoms with van der Waals surface area (Å²) in [6, 6.07) is 5.87. The highest BCUT2D eigenvalue weighted by molar-refractivity contribution is 5.79. The van der Waals surface area contributed by atoms with Crippen LogP contribution in [0.1, 0.15) is 12.8 Å². The van der Waals surface area contributed by atoms with Gasteiger partial charge in [-0.2, -0.15) is 0 Å². The normalized spacial score (nSPS) is 22.5. The monoisotopic (exact) mass is 315 g/mol. The van der Waals surface area contributed by atoms with Crippen LogP contribution in [0.2, 0.25) is 0 Å². The van der Waals surface area contributed by atoms with Crippen LogP contribution in [0.15, 0.2) is 24.4 Å². The average molecular weight is 315 g/mol. The molecule has 0 aromatic carbocycles. The molecular formula is C16H21N5O2. The maximum Gasteiger partial charge on any atom is 0.231 e. The zero-order valence-corrected chi connectivity index (χ0v) is 13.1. The van der Waals surface area contributed by atoms with E-state index in [9.17, 15) is 4.79 Å². The number of anilines is 1. The number of amides is 1. The van der Waals surface area contributed by atoms with Gasteiger partial charge < -0.3 is 14.5 Å². The second kappa shape index (κ2) is 6.16. The largest absolute Gasteiger partial charge is 0.378 e. The van der Waals surface area contributed by atoms with Gasteiger partial charge in [0.05, 0.1) is 19.1 Å². The van der Waals surface area contributed by atoms with Gasteiger partial charge in [-0.25, -0.2) is 0 Å². The standard InChI is InChI=1S/C16H21N5O2/c22-15(19-8-10-23-11-9-19)13-4-3-6-20(12-13)16-18-17-14-5-1-2-7-21(14)16/h1-2,5,7,13H,3-4,6,8-12H2. The smallest absolute Gasteiger partial charge is 0.231 e. The summed E-state index contributed by atoms with van der Waals surface area (Å²) < 4.78 is 7.33. The van der Waals surface area contributed by atoms with Gasteiger partial charge in [0.2, 0.25) is 11.9 Å². The van der Waals surface area contributed by atoms with E-state index in [1.807, 2.05) is 33.7 Å². The predicted octanol–water partition coefficient (Wildman–Crippen LogP) is 0.804. The molecule has 23 heavy (non-hydrogen) atoms. The molecule has 0 radical (unpaired) electrons. The van der Waals surface area contributed by atoms with Crippen molar-refractivity contribution in [1.82, 2.24) is 19.5 Å². The molecule has 2 aliphatic heterocycles. The molecule has 2 aromatic rings. The summed E-state index contributed by atoms with van der Waals surface area (Å²) in [7, 11) is 0. The number of hydrogen-bond donors (Lipinski definition) is 0. The first-order valence-corrected chi connectivity index (χ1v) is 8.24. The molecule has 7 nitrogen and oxygen atoms in total. The lowest BCUT2D eigenvalue weighted by molar-refractivity contribution is -0.139. The fourth-order valence-corrected chi connectivity index (χ4v) is 3.45. The number of morpholine rings is 1. The zero-order chi connectivity index (χ0) is 15.6. The Morgan fingerprint density at radius 3 is 2.91 bits per heavy atom. The Balaban J connectivity index is 1.51. The summed E-state index contributed by atoms with van der Waals surface area (Å²) in [6.45, 7) is 4.36. The number of piperidine rings is 1. The highest BCUT2D eigenvalue weighted by Gasteiger charge is 2.31. The van der Waals surface area contributed by atoms with Crippen LogP contribution in [0.4, 0.5) is 5.95 Å². The first-order valence-electron chi connectivity index (χ1n) is 8.24. The predicted molar refractivity (Wildman–Crippen MR) is 85.3 cm³/mol. The highest BCUT2D eigenvalue weighted by Crippen LogP contribution is 2.24. The number of hydrogen-bond acceptors (Lipinski definition) is 5.